The third-order valence-corrected chi connectivity index (χ3v) is 5.19. The van der Waals surface area contributed by atoms with Crippen LogP contribution in [0.3, 0.4) is 0 Å². The average Bonchev–Trinajstić information content (AvgIpc) is 3.11. The number of primary sulfonamides is 1. The van der Waals surface area contributed by atoms with Gasteiger partial charge in [0.1, 0.15) is 17.3 Å². The number of sulfonamides is 1. The number of carbonyl (C=O) groups is 1. The summed E-state index contributed by atoms with van der Waals surface area (Å²) in [7, 11) is -3.85. The molecule has 1 heterocycles. The molecule has 0 aliphatic carbocycles. The van der Waals surface area contributed by atoms with Crippen molar-refractivity contribution in [1.82, 2.24) is 10.6 Å². The van der Waals surface area contributed by atoms with E-state index in [1.807, 2.05) is 0 Å². The van der Waals surface area contributed by atoms with Gasteiger partial charge in [0.2, 0.25) is 15.9 Å². The molecule has 1 aromatic heterocycles. The SMILES string of the molecule is NS(=O)(=O)c1ccc(-c2c(-c3cccc(F)c3)noc2CCCC(=O)NO)cc1. The summed E-state index contributed by atoms with van der Waals surface area (Å²) >= 11 is 0. The van der Waals surface area contributed by atoms with Crippen LogP contribution in [0.5, 0.6) is 0 Å². The molecule has 1 amide bonds. The van der Waals surface area contributed by atoms with Crippen molar-refractivity contribution in [2.45, 2.75) is 24.2 Å². The Morgan fingerprint density at radius 3 is 2.52 bits per heavy atom. The molecular weight excluding hydrogens is 401 g/mol. The predicted octanol–water partition coefficient (Wildman–Crippen LogP) is 2.62. The van der Waals surface area contributed by atoms with Gasteiger partial charge in [0, 0.05) is 18.4 Å². The number of hydrogen-bond donors (Lipinski definition) is 3. The highest BCUT2D eigenvalue weighted by Gasteiger charge is 2.20. The lowest BCUT2D eigenvalue weighted by atomic mass is 9.97. The number of aryl methyl sites for hydroxylation is 1. The van der Waals surface area contributed by atoms with E-state index in [1.54, 1.807) is 29.7 Å². The number of rotatable bonds is 7. The van der Waals surface area contributed by atoms with E-state index in [-0.39, 0.29) is 11.3 Å². The smallest absolute Gasteiger partial charge is 0.243 e. The fraction of sp³-hybridized carbons (Fsp3) is 0.158. The first-order valence-corrected chi connectivity index (χ1v) is 10.1. The predicted molar refractivity (Wildman–Crippen MR) is 102 cm³/mol. The van der Waals surface area contributed by atoms with Crippen LogP contribution in [-0.2, 0) is 21.2 Å². The van der Waals surface area contributed by atoms with Gasteiger partial charge in [0.15, 0.2) is 0 Å². The summed E-state index contributed by atoms with van der Waals surface area (Å²) in [6, 6.07) is 11.6. The van der Waals surface area contributed by atoms with Crippen LogP contribution in [0, 0.1) is 5.82 Å². The number of amides is 1. The van der Waals surface area contributed by atoms with Gasteiger partial charge in [-0.15, -0.1) is 0 Å². The molecule has 0 spiro atoms. The van der Waals surface area contributed by atoms with E-state index >= 15 is 0 Å². The zero-order valence-electron chi connectivity index (χ0n) is 15.1. The fourth-order valence-corrected chi connectivity index (χ4v) is 3.42. The molecule has 0 radical (unpaired) electrons. The first-order valence-electron chi connectivity index (χ1n) is 8.60. The molecule has 0 bridgehead atoms. The van der Waals surface area contributed by atoms with Gasteiger partial charge in [0.25, 0.3) is 0 Å². The molecule has 0 atom stereocenters. The van der Waals surface area contributed by atoms with Crippen LogP contribution < -0.4 is 10.6 Å². The van der Waals surface area contributed by atoms with Gasteiger partial charge in [0.05, 0.1) is 10.5 Å². The normalized spacial score (nSPS) is 11.4. The largest absolute Gasteiger partial charge is 0.360 e. The highest BCUT2D eigenvalue weighted by molar-refractivity contribution is 7.89. The molecule has 3 rings (SSSR count). The van der Waals surface area contributed by atoms with Crippen LogP contribution >= 0.6 is 0 Å². The maximum atomic E-state index is 13.7. The average molecular weight is 419 g/mol. The molecule has 8 nitrogen and oxygen atoms in total. The van der Waals surface area contributed by atoms with Gasteiger partial charge >= 0.3 is 0 Å². The van der Waals surface area contributed by atoms with E-state index in [9.17, 15) is 17.6 Å². The Labute approximate surface area is 166 Å². The van der Waals surface area contributed by atoms with Crippen molar-refractivity contribution in [3.8, 4) is 22.4 Å². The number of halogens is 1. The quantitative estimate of drug-likeness (QED) is 0.398. The number of benzene rings is 2. The summed E-state index contributed by atoms with van der Waals surface area (Å²) in [4.78, 5) is 11.2. The maximum Gasteiger partial charge on any atom is 0.243 e. The lowest BCUT2D eigenvalue weighted by Crippen LogP contribution is -2.18. The van der Waals surface area contributed by atoms with E-state index in [0.717, 1.165) is 0 Å². The molecular formula is C19H18FN3O5S. The van der Waals surface area contributed by atoms with Crippen molar-refractivity contribution in [2.24, 2.45) is 5.14 Å². The lowest BCUT2D eigenvalue weighted by molar-refractivity contribution is -0.129. The molecule has 0 unspecified atom stereocenters. The Bertz CT molecular complexity index is 1130. The first-order chi connectivity index (χ1) is 13.8. The van der Waals surface area contributed by atoms with Gasteiger partial charge < -0.3 is 4.52 Å². The molecule has 4 N–H and O–H groups in total. The third kappa shape index (κ3) is 4.86. The number of nitrogens with two attached hydrogens (primary N) is 1. The van der Waals surface area contributed by atoms with Crippen LogP contribution in [0.25, 0.3) is 22.4 Å². The zero-order valence-corrected chi connectivity index (χ0v) is 15.9. The van der Waals surface area contributed by atoms with Gasteiger partial charge in [-0.25, -0.2) is 23.4 Å². The first kappa shape index (κ1) is 20.6. The minimum atomic E-state index is -3.85. The molecule has 0 aliphatic heterocycles. The van der Waals surface area contributed by atoms with Gasteiger partial charge in [-0.05, 0) is 36.2 Å². The van der Waals surface area contributed by atoms with E-state index in [0.29, 0.717) is 41.0 Å². The van der Waals surface area contributed by atoms with Crippen LogP contribution in [0.2, 0.25) is 0 Å². The molecule has 0 saturated carbocycles. The molecule has 2 aromatic carbocycles. The van der Waals surface area contributed by atoms with E-state index < -0.39 is 21.7 Å². The van der Waals surface area contributed by atoms with E-state index in [4.69, 9.17) is 14.9 Å². The van der Waals surface area contributed by atoms with Crippen LogP contribution in [0.15, 0.2) is 57.9 Å². The molecule has 152 valence electrons. The monoisotopic (exact) mass is 419 g/mol. The van der Waals surface area contributed by atoms with E-state index in [1.165, 1.54) is 24.3 Å². The summed E-state index contributed by atoms with van der Waals surface area (Å²) < 4.78 is 42.2. The molecule has 0 fully saturated rings. The Kier molecular flexibility index (Phi) is 6.06. The number of hydroxylamine groups is 1. The van der Waals surface area contributed by atoms with Crippen LogP contribution in [-0.4, -0.2) is 24.7 Å². The lowest BCUT2D eigenvalue weighted by Gasteiger charge is -2.06. The zero-order chi connectivity index (χ0) is 21.0. The summed E-state index contributed by atoms with van der Waals surface area (Å²) in [6.45, 7) is 0. The molecule has 29 heavy (non-hydrogen) atoms. The Morgan fingerprint density at radius 2 is 1.90 bits per heavy atom. The second-order valence-corrected chi connectivity index (χ2v) is 7.86. The fourth-order valence-electron chi connectivity index (χ4n) is 2.90. The van der Waals surface area contributed by atoms with Crippen LogP contribution in [0.4, 0.5) is 4.39 Å². The van der Waals surface area contributed by atoms with Crippen molar-refractivity contribution in [2.75, 3.05) is 0 Å². The third-order valence-electron chi connectivity index (χ3n) is 4.26. The topological polar surface area (TPSA) is 136 Å². The highest BCUT2D eigenvalue weighted by atomic mass is 32.2. The Balaban J connectivity index is 2.03. The maximum absolute atomic E-state index is 13.7. The van der Waals surface area contributed by atoms with Gasteiger partial charge in [-0.2, -0.15) is 0 Å². The van der Waals surface area contributed by atoms with Crippen molar-refractivity contribution in [3.63, 3.8) is 0 Å². The second-order valence-electron chi connectivity index (χ2n) is 6.30. The van der Waals surface area contributed by atoms with Crippen molar-refractivity contribution >= 4 is 15.9 Å². The molecule has 0 aliphatic rings. The number of nitrogens with one attached hydrogen (secondary N) is 1. The van der Waals surface area contributed by atoms with E-state index in [2.05, 4.69) is 5.16 Å². The molecule has 10 heteroatoms. The highest BCUT2D eigenvalue weighted by Crippen LogP contribution is 2.36. The second kappa shape index (κ2) is 8.52. The number of aromatic nitrogens is 1. The Morgan fingerprint density at radius 1 is 1.17 bits per heavy atom. The number of hydrogen-bond acceptors (Lipinski definition) is 6. The minimum absolute atomic E-state index is 0.0498. The molecule has 0 saturated heterocycles. The summed E-state index contributed by atoms with van der Waals surface area (Å²) in [6.07, 6.45) is 0.755. The summed E-state index contributed by atoms with van der Waals surface area (Å²) in [5.74, 6) is -0.533. The van der Waals surface area contributed by atoms with Gasteiger partial charge in [-0.3, -0.25) is 10.0 Å². The minimum Gasteiger partial charge on any atom is -0.360 e. The van der Waals surface area contributed by atoms with Gasteiger partial charge in [-0.1, -0.05) is 29.4 Å². The Hall–Kier alpha value is -3.08. The number of nitrogens with zero attached hydrogens (tertiary/aromatic N) is 1. The van der Waals surface area contributed by atoms with Crippen molar-refractivity contribution < 1.29 is 27.3 Å². The summed E-state index contributed by atoms with van der Waals surface area (Å²) in [5, 5.41) is 17.8. The molecule has 3 aromatic rings. The number of carbonyl (C=O) groups excluding carboxylic acids is 1. The van der Waals surface area contributed by atoms with Crippen LogP contribution in [0.1, 0.15) is 18.6 Å². The summed E-state index contributed by atoms with van der Waals surface area (Å²) in [5.41, 5.74) is 3.58. The van der Waals surface area contributed by atoms with Crippen molar-refractivity contribution in [3.05, 3.63) is 60.1 Å². The van der Waals surface area contributed by atoms with Crippen molar-refractivity contribution in [1.29, 1.82) is 0 Å². The standard InChI is InChI=1S/C19H18FN3O5S/c20-14-4-1-3-13(11-14)19-18(12-7-9-15(10-8-12)29(21,26)27)16(28-23-19)5-2-6-17(24)22-25/h1,3-4,7-11,25H,2,5-6H2,(H,22,24)(H2,21,26,27).